The summed E-state index contributed by atoms with van der Waals surface area (Å²) in [5.74, 6) is -0.753. The van der Waals surface area contributed by atoms with Gasteiger partial charge in [0.1, 0.15) is 0 Å². The molecule has 2 heterocycles. The molecule has 1 amide bonds. The quantitative estimate of drug-likeness (QED) is 0.935. The average Bonchev–Trinajstić information content (AvgIpc) is 3.10. The van der Waals surface area contributed by atoms with Crippen molar-refractivity contribution in [3.63, 3.8) is 0 Å². The van der Waals surface area contributed by atoms with Gasteiger partial charge in [-0.05, 0) is 36.8 Å². The molecule has 1 saturated heterocycles. The van der Waals surface area contributed by atoms with Gasteiger partial charge in [-0.25, -0.2) is 8.42 Å². The first-order chi connectivity index (χ1) is 10.4. The van der Waals surface area contributed by atoms with Crippen LogP contribution < -0.4 is 5.32 Å². The van der Waals surface area contributed by atoms with Crippen LogP contribution >= 0.6 is 11.6 Å². The first-order valence-electron chi connectivity index (χ1n) is 6.89. The van der Waals surface area contributed by atoms with Crippen molar-refractivity contribution < 1.29 is 13.2 Å². The molecular weight excluding hydrogens is 324 g/mol. The summed E-state index contributed by atoms with van der Waals surface area (Å²) in [5, 5.41) is 3.38. The Kier molecular flexibility index (Phi) is 3.97. The number of nitrogens with zero attached hydrogens (tertiary/aromatic N) is 1. The lowest BCUT2D eigenvalue weighted by Crippen LogP contribution is -2.24. The molecule has 5 nitrogen and oxygen atoms in total. The molecule has 1 aromatic heterocycles. The molecule has 0 aliphatic carbocycles. The average molecular weight is 339 g/mol. The third kappa shape index (κ3) is 3.18. The third-order valence-electron chi connectivity index (χ3n) is 3.70. The summed E-state index contributed by atoms with van der Waals surface area (Å²) in [6.45, 7) is 0. The highest BCUT2D eigenvalue weighted by Gasteiger charge is 2.33. The molecule has 0 unspecified atom stereocenters. The number of aromatic nitrogens is 1. The van der Waals surface area contributed by atoms with E-state index in [9.17, 15) is 13.2 Å². The van der Waals surface area contributed by atoms with Crippen LogP contribution in [0.15, 0.2) is 42.7 Å². The monoisotopic (exact) mass is 338 g/mol. The predicted octanol–water partition coefficient (Wildman–Crippen LogP) is 2.50. The second kappa shape index (κ2) is 5.78. The lowest BCUT2D eigenvalue weighted by Gasteiger charge is -2.14. The van der Waals surface area contributed by atoms with E-state index in [0.717, 1.165) is 5.69 Å². The number of benzene rings is 1. The molecule has 1 atom stereocenters. The number of nitrogens with one attached hydrogen (secondary N) is 1. The first kappa shape index (κ1) is 15.1. The molecule has 1 aliphatic rings. The van der Waals surface area contributed by atoms with E-state index in [0.29, 0.717) is 17.1 Å². The minimum Gasteiger partial charge on any atom is -0.324 e. The number of hydrogen-bond acceptors (Lipinski definition) is 3. The van der Waals surface area contributed by atoms with Gasteiger partial charge in [-0.3, -0.25) is 4.79 Å². The van der Waals surface area contributed by atoms with Gasteiger partial charge < -0.3 is 9.88 Å². The third-order valence-corrected chi connectivity index (χ3v) is 5.71. The van der Waals surface area contributed by atoms with Crippen LogP contribution in [0.3, 0.4) is 0 Å². The Morgan fingerprint density at radius 2 is 2.00 bits per heavy atom. The van der Waals surface area contributed by atoms with Gasteiger partial charge in [-0.15, -0.1) is 0 Å². The molecule has 1 aromatic carbocycles. The van der Waals surface area contributed by atoms with Crippen LogP contribution in [0.2, 0.25) is 5.02 Å². The number of amides is 1. The van der Waals surface area contributed by atoms with Crippen molar-refractivity contribution in [2.24, 2.45) is 5.92 Å². The van der Waals surface area contributed by atoms with E-state index in [4.69, 9.17) is 11.6 Å². The summed E-state index contributed by atoms with van der Waals surface area (Å²) >= 11 is 6.03. The predicted molar refractivity (Wildman–Crippen MR) is 86.2 cm³/mol. The standard InChI is InChI=1S/C15H15ClN2O3S/c16-12-3-4-13(14(9-12)18-6-1-2-7-18)17-15(19)11-5-8-22(20,21)10-11/h1-4,6-7,9,11H,5,8,10H2,(H,17,19)/t11-/m0/s1. The number of sulfone groups is 1. The van der Waals surface area contributed by atoms with Crippen LogP contribution in [0.1, 0.15) is 6.42 Å². The Bertz CT molecular complexity index is 800. The summed E-state index contributed by atoms with van der Waals surface area (Å²) in [7, 11) is -3.08. The van der Waals surface area contributed by atoms with Crippen molar-refractivity contribution >= 4 is 33.0 Å². The van der Waals surface area contributed by atoms with Gasteiger partial charge in [-0.2, -0.15) is 0 Å². The molecule has 0 radical (unpaired) electrons. The summed E-state index contributed by atoms with van der Waals surface area (Å²) in [6, 6.07) is 8.91. The molecule has 2 aromatic rings. The topological polar surface area (TPSA) is 68.2 Å². The summed E-state index contributed by atoms with van der Waals surface area (Å²) in [5.41, 5.74) is 1.35. The molecule has 22 heavy (non-hydrogen) atoms. The van der Waals surface area contributed by atoms with Gasteiger partial charge in [-0.1, -0.05) is 11.6 Å². The number of carbonyl (C=O) groups excluding carboxylic acids is 1. The van der Waals surface area contributed by atoms with Crippen molar-refractivity contribution in [2.45, 2.75) is 6.42 Å². The molecule has 1 fully saturated rings. The lowest BCUT2D eigenvalue weighted by atomic mass is 10.1. The van der Waals surface area contributed by atoms with Crippen molar-refractivity contribution in [2.75, 3.05) is 16.8 Å². The van der Waals surface area contributed by atoms with Gasteiger partial charge >= 0.3 is 0 Å². The Morgan fingerprint density at radius 3 is 2.64 bits per heavy atom. The second-order valence-corrected chi connectivity index (χ2v) is 8.01. The van der Waals surface area contributed by atoms with Crippen molar-refractivity contribution in [3.8, 4) is 5.69 Å². The zero-order valence-corrected chi connectivity index (χ0v) is 13.3. The highest BCUT2D eigenvalue weighted by molar-refractivity contribution is 7.91. The van der Waals surface area contributed by atoms with E-state index in [1.54, 1.807) is 18.2 Å². The Morgan fingerprint density at radius 1 is 1.27 bits per heavy atom. The van der Waals surface area contributed by atoms with Crippen molar-refractivity contribution in [1.29, 1.82) is 0 Å². The Hall–Kier alpha value is -1.79. The summed E-state index contributed by atoms with van der Waals surface area (Å²) in [6.07, 6.45) is 4.07. The fourth-order valence-electron chi connectivity index (χ4n) is 2.56. The second-order valence-electron chi connectivity index (χ2n) is 5.34. The highest BCUT2D eigenvalue weighted by atomic mass is 35.5. The number of carbonyl (C=O) groups is 1. The van der Waals surface area contributed by atoms with E-state index in [2.05, 4.69) is 5.32 Å². The number of anilines is 1. The molecule has 0 saturated carbocycles. The van der Waals surface area contributed by atoms with E-state index in [1.807, 2.05) is 29.1 Å². The fraction of sp³-hybridized carbons (Fsp3) is 0.267. The minimum absolute atomic E-state index is 0.0781. The van der Waals surface area contributed by atoms with Gasteiger partial charge in [0.2, 0.25) is 5.91 Å². The van der Waals surface area contributed by atoms with E-state index >= 15 is 0 Å². The maximum atomic E-state index is 12.3. The molecule has 0 bridgehead atoms. The van der Waals surface area contributed by atoms with Gasteiger partial charge in [0.15, 0.2) is 9.84 Å². The number of hydrogen-bond donors (Lipinski definition) is 1. The Labute approximate surface area is 133 Å². The largest absolute Gasteiger partial charge is 0.324 e. The van der Waals surface area contributed by atoms with Crippen LogP contribution in [0, 0.1) is 5.92 Å². The van der Waals surface area contributed by atoms with E-state index < -0.39 is 15.8 Å². The van der Waals surface area contributed by atoms with Gasteiger partial charge in [0.25, 0.3) is 0 Å². The molecule has 3 rings (SSSR count). The molecule has 1 N–H and O–H groups in total. The Balaban J connectivity index is 1.85. The van der Waals surface area contributed by atoms with E-state index in [1.165, 1.54) is 0 Å². The first-order valence-corrected chi connectivity index (χ1v) is 9.09. The smallest absolute Gasteiger partial charge is 0.228 e. The fourth-order valence-corrected chi connectivity index (χ4v) is 4.46. The maximum Gasteiger partial charge on any atom is 0.228 e. The SMILES string of the molecule is O=C(Nc1ccc(Cl)cc1-n1cccc1)[C@H]1CCS(=O)(=O)C1. The highest BCUT2D eigenvalue weighted by Crippen LogP contribution is 2.27. The van der Waals surface area contributed by atoms with Crippen LogP contribution in [-0.4, -0.2) is 30.4 Å². The van der Waals surface area contributed by atoms with Crippen LogP contribution in [0.5, 0.6) is 0 Å². The van der Waals surface area contributed by atoms with Crippen molar-refractivity contribution in [1.82, 2.24) is 4.57 Å². The number of halogens is 1. The van der Waals surface area contributed by atoms with Crippen LogP contribution in [0.4, 0.5) is 5.69 Å². The lowest BCUT2D eigenvalue weighted by molar-refractivity contribution is -0.119. The van der Waals surface area contributed by atoms with Gasteiger partial charge in [0.05, 0.1) is 28.8 Å². The van der Waals surface area contributed by atoms with E-state index in [-0.39, 0.29) is 17.4 Å². The zero-order chi connectivity index (χ0) is 15.7. The number of rotatable bonds is 3. The molecule has 1 aliphatic heterocycles. The van der Waals surface area contributed by atoms with Crippen LogP contribution in [-0.2, 0) is 14.6 Å². The molecule has 7 heteroatoms. The summed E-state index contributed by atoms with van der Waals surface area (Å²) < 4.78 is 24.8. The minimum atomic E-state index is -3.08. The molecular formula is C15H15ClN2O3S. The molecule has 0 spiro atoms. The van der Waals surface area contributed by atoms with Gasteiger partial charge in [0, 0.05) is 17.4 Å². The van der Waals surface area contributed by atoms with Crippen LogP contribution in [0.25, 0.3) is 5.69 Å². The van der Waals surface area contributed by atoms with Crippen molar-refractivity contribution in [3.05, 3.63) is 47.7 Å². The maximum absolute atomic E-state index is 12.3. The normalized spacial score (nSPS) is 20.0. The molecule has 116 valence electrons. The zero-order valence-electron chi connectivity index (χ0n) is 11.7. The summed E-state index contributed by atoms with van der Waals surface area (Å²) in [4.78, 5) is 12.3.